The number of carbonyl (C=O) groups excluding carboxylic acids is 2. The van der Waals surface area contributed by atoms with Gasteiger partial charge in [0.2, 0.25) is 10.0 Å². The van der Waals surface area contributed by atoms with Gasteiger partial charge in [-0.2, -0.15) is 4.72 Å². The maximum atomic E-state index is 12.2. The van der Waals surface area contributed by atoms with Gasteiger partial charge in [-0.15, -0.1) is 0 Å². The highest BCUT2D eigenvalue weighted by Crippen LogP contribution is 2.14. The summed E-state index contributed by atoms with van der Waals surface area (Å²) >= 11 is 0. The number of rotatable bonds is 9. The number of carbonyl (C=O) groups is 2. The summed E-state index contributed by atoms with van der Waals surface area (Å²) < 4.78 is 31.4. The Balaban J connectivity index is 1.71. The molecule has 2 rings (SSSR count). The Kier molecular flexibility index (Phi) is 7.71. The normalized spacial score (nSPS) is 11.1. The molecule has 0 aromatic heterocycles. The summed E-state index contributed by atoms with van der Waals surface area (Å²) in [7, 11) is -3.83. The minimum atomic E-state index is -3.83. The maximum Gasteiger partial charge on any atom is 0.321 e. The smallest absolute Gasteiger partial charge is 0.321 e. The number of ether oxygens (including phenoxy) is 1. The van der Waals surface area contributed by atoms with Crippen LogP contribution in [0.3, 0.4) is 0 Å². The summed E-state index contributed by atoms with van der Waals surface area (Å²) in [6, 6.07) is 14.3. The van der Waals surface area contributed by atoms with E-state index in [4.69, 9.17) is 4.74 Å². The van der Waals surface area contributed by atoms with E-state index < -0.39 is 35.1 Å². The molecule has 0 atom stereocenters. The Labute approximate surface area is 165 Å². The Bertz CT molecular complexity index is 927. The van der Waals surface area contributed by atoms with Crippen LogP contribution in [0.2, 0.25) is 0 Å². The molecule has 0 aliphatic rings. The summed E-state index contributed by atoms with van der Waals surface area (Å²) in [6.45, 7) is 3.09. The number of sulfonamides is 1. The Hall–Kier alpha value is -2.71. The molecule has 0 bridgehead atoms. The second kappa shape index (κ2) is 10.0. The van der Waals surface area contributed by atoms with E-state index >= 15 is 0 Å². The van der Waals surface area contributed by atoms with Gasteiger partial charge in [0.25, 0.3) is 5.91 Å². The average molecular weight is 404 g/mol. The fourth-order valence-corrected chi connectivity index (χ4v) is 3.41. The summed E-state index contributed by atoms with van der Waals surface area (Å²) in [6.07, 6.45) is 0.663. The van der Waals surface area contributed by atoms with Crippen molar-refractivity contribution in [3.05, 3.63) is 65.2 Å². The highest BCUT2D eigenvalue weighted by atomic mass is 32.2. The summed E-state index contributed by atoms with van der Waals surface area (Å²) in [5.74, 6) is -1.27. The maximum absolute atomic E-state index is 12.2. The van der Waals surface area contributed by atoms with Crippen LogP contribution in [0.25, 0.3) is 0 Å². The topological polar surface area (TPSA) is 102 Å². The lowest BCUT2D eigenvalue weighted by Crippen LogP contribution is -2.34. The average Bonchev–Trinajstić information content (AvgIpc) is 2.67. The highest BCUT2D eigenvalue weighted by Gasteiger charge is 2.17. The quantitative estimate of drug-likeness (QED) is 0.617. The van der Waals surface area contributed by atoms with Gasteiger partial charge in [0.05, 0.1) is 4.90 Å². The van der Waals surface area contributed by atoms with E-state index in [2.05, 4.69) is 10.0 Å². The van der Waals surface area contributed by atoms with Crippen molar-refractivity contribution in [1.29, 1.82) is 0 Å². The number of amides is 1. The molecule has 2 N–H and O–H groups in total. The molecule has 0 fully saturated rings. The van der Waals surface area contributed by atoms with Gasteiger partial charge in [-0.1, -0.05) is 36.4 Å². The van der Waals surface area contributed by atoms with E-state index in [-0.39, 0.29) is 4.90 Å². The molecule has 2 aromatic rings. The van der Waals surface area contributed by atoms with Crippen molar-refractivity contribution >= 4 is 21.9 Å². The van der Waals surface area contributed by atoms with Crippen LogP contribution in [0.1, 0.15) is 16.7 Å². The van der Waals surface area contributed by atoms with Gasteiger partial charge >= 0.3 is 5.97 Å². The predicted molar refractivity (Wildman–Crippen MR) is 105 cm³/mol. The molecular formula is C20H24N2O5S. The van der Waals surface area contributed by atoms with Crippen molar-refractivity contribution in [2.45, 2.75) is 25.2 Å². The van der Waals surface area contributed by atoms with Gasteiger partial charge in [0.1, 0.15) is 6.54 Å². The number of benzene rings is 2. The van der Waals surface area contributed by atoms with Crippen LogP contribution >= 0.6 is 0 Å². The van der Waals surface area contributed by atoms with Crippen molar-refractivity contribution in [3.8, 4) is 0 Å². The molecule has 7 nitrogen and oxygen atoms in total. The number of nitrogens with one attached hydrogen (secondary N) is 2. The summed E-state index contributed by atoms with van der Waals surface area (Å²) in [4.78, 5) is 23.5. The minimum Gasteiger partial charge on any atom is -0.455 e. The van der Waals surface area contributed by atoms with Crippen LogP contribution < -0.4 is 10.0 Å². The first-order chi connectivity index (χ1) is 13.3. The molecule has 0 heterocycles. The molecule has 0 aliphatic carbocycles. The Morgan fingerprint density at radius 2 is 1.71 bits per heavy atom. The molecular weight excluding hydrogens is 380 g/mol. The molecule has 0 saturated heterocycles. The third kappa shape index (κ3) is 6.79. The number of aryl methyl sites for hydroxylation is 2. The van der Waals surface area contributed by atoms with E-state index in [0.717, 1.165) is 16.7 Å². The van der Waals surface area contributed by atoms with E-state index in [1.807, 2.05) is 37.3 Å². The number of esters is 1. The first-order valence-electron chi connectivity index (χ1n) is 8.81. The molecule has 0 radical (unpaired) electrons. The lowest BCUT2D eigenvalue weighted by molar-refractivity contribution is -0.147. The van der Waals surface area contributed by atoms with Crippen molar-refractivity contribution < 1.29 is 22.7 Å². The van der Waals surface area contributed by atoms with E-state index in [0.29, 0.717) is 13.0 Å². The number of hydrogen-bond acceptors (Lipinski definition) is 5. The van der Waals surface area contributed by atoms with Crippen molar-refractivity contribution in [1.82, 2.24) is 10.0 Å². The van der Waals surface area contributed by atoms with Gasteiger partial charge in [-0.05, 0) is 49.1 Å². The van der Waals surface area contributed by atoms with Crippen LogP contribution in [-0.4, -0.2) is 40.0 Å². The molecule has 2 aromatic carbocycles. The first kappa shape index (κ1) is 21.6. The van der Waals surface area contributed by atoms with Crippen LogP contribution in [-0.2, 0) is 30.8 Å². The summed E-state index contributed by atoms with van der Waals surface area (Å²) in [5.41, 5.74) is 2.88. The highest BCUT2D eigenvalue weighted by molar-refractivity contribution is 7.89. The third-order valence-corrected chi connectivity index (χ3v) is 5.54. The molecule has 8 heteroatoms. The van der Waals surface area contributed by atoms with Gasteiger partial charge < -0.3 is 10.1 Å². The molecule has 150 valence electrons. The predicted octanol–water partition coefficient (Wildman–Crippen LogP) is 1.48. The zero-order chi connectivity index (χ0) is 20.6. The molecule has 0 saturated carbocycles. The van der Waals surface area contributed by atoms with Gasteiger partial charge in [0, 0.05) is 6.54 Å². The minimum absolute atomic E-state index is 0.0713. The third-order valence-electron chi connectivity index (χ3n) is 4.14. The fraction of sp³-hybridized carbons (Fsp3) is 0.300. The van der Waals surface area contributed by atoms with Crippen LogP contribution in [0, 0.1) is 13.8 Å². The zero-order valence-electron chi connectivity index (χ0n) is 15.9. The van der Waals surface area contributed by atoms with E-state index in [1.165, 1.54) is 12.1 Å². The van der Waals surface area contributed by atoms with E-state index in [9.17, 15) is 18.0 Å². The molecule has 28 heavy (non-hydrogen) atoms. The lowest BCUT2D eigenvalue weighted by Gasteiger charge is -2.09. The molecule has 1 amide bonds. The monoisotopic (exact) mass is 404 g/mol. The SMILES string of the molecule is Cc1ccc(S(=O)(=O)NCC(=O)OCC(=O)NCCc2ccccc2)cc1C. The van der Waals surface area contributed by atoms with Gasteiger partial charge in [-0.25, -0.2) is 8.42 Å². The lowest BCUT2D eigenvalue weighted by atomic mass is 10.1. The largest absolute Gasteiger partial charge is 0.455 e. The second-order valence-electron chi connectivity index (χ2n) is 6.32. The zero-order valence-corrected chi connectivity index (χ0v) is 16.7. The fourth-order valence-electron chi connectivity index (χ4n) is 2.36. The van der Waals surface area contributed by atoms with Crippen LogP contribution in [0.15, 0.2) is 53.4 Å². The summed E-state index contributed by atoms with van der Waals surface area (Å²) in [5, 5.41) is 2.64. The molecule has 0 aliphatic heterocycles. The molecule has 0 unspecified atom stereocenters. The van der Waals surface area contributed by atoms with Crippen molar-refractivity contribution in [2.75, 3.05) is 19.7 Å². The number of hydrogen-bond donors (Lipinski definition) is 2. The van der Waals surface area contributed by atoms with Crippen LogP contribution in [0.5, 0.6) is 0 Å². The second-order valence-corrected chi connectivity index (χ2v) is 8.08. The van der Waals surface area contributed by atoms with Crippen LogP contribution in [0.4, 0.5) is 0 Å². The Morgan fingerprint density at radius 3 is 2.39 bits per heavy atom. The standard InChI is InChI=1S/C20H24N2O5S/c1-15-8-9-18(12-16(15)2)28(25,26)22-13-20(24)27-14-19(23)21-11-10-17-6-4-3-5-7-17/h3-9,12,22H,10-11,13-14H2,1-2H3,(H,21,23). The van der Waals surface area contributed by atoms with Crippen molar-refractivity contribution in [2.24, 2.45) is 0 Å². The Morgan fingerprint density at radius 1 is 1.00 bits per heavy atom. The van der Waals surface area contributed by atoms with Gasteiger partial charge in [0.15, 0.2) is 6.61 Å². The van der Waals surface area contributed by atoms with Gasteiger partial charge in [-0.3, -0.25) is 9.59 Å². The first-order valence-corrected chi connectivity index (χ1v) is 10.3. The van der Waals surface area contributed by atoms with E-state index in [1.54, 1.807) is 13.0 Å². The molecule has 0 spiro atoms. The van der Waals surface area contributed by atoms with Crippen molar-refractivity contribution in [3.63, 3.8) is 0 Å².